The van der Waals surface area contributed by atoms with Gasteiger partial charge in [-0.15, -0.1) is 10.2 Å². The second-order valence-corrected chi connectivity index (χ2v) is 7.25. The van der Waals surface area contributed by atoms with Gasteiger partial charge in [0.15, 0.2) is 0 Å². The minimum Gasteiger partial charge on any atom is -0.497 e. The number of nitrogens with zero attached hydrogens (tertiary/aromatic N) is 4. The van der Waals surface area contributed by atoms with Crippen LogP contribution in [-0.2, 0) is 12.2 Å². The molecule has 0 radical (unpaired) electrons. The summed E-state index contributed by atoms with van der Waals surface area (Å²) >= 11 is 1.32. The first-order chi connectivity index (χ1) is 14.7. The van der Waals surface area contributed by atoms with E-state index in [1.54, 1.807) is 32.4 Å². The Morgan fingerprint density at radius 3 is 2.33 bits per heavy atom. The van der Waals surface area contributed by atoms with E-state index in [4.69, 9.17) is 18.4 Å². The fourth-order valence-electron chi connectivity index (χ4n) is 2.76. The summed E-state index contributed by atoms with van der Waals surface area (Å²) in [6.45, 7) is 2.12. The zero-order chi connectivity index (χ0) is 20.9. The second kappa shape index (κ2) is 9.00. The van der Waals surface area contributed by atoms with Crippen LogP contribution in [0.3, 0.4) is 0 Å². The Labute approximate surface area is 177 Å². The number of rotatable bonds is 8. The molecule has 8 nitrogen and oxygen atoms in total. The molecule has 0 spiro atoms. The average Bonchev–Trinajstić information content (AvgIpc) is 3.47. The van der Waals surface area contributed by atoms with Crippen molar-refractivity contribution < 1.29 is 18.4 Å². The van der Waals surface area contributed by atoms with Crippen LogP contribution in [0.5, 0.6) is 11.5 Å². The maximum Gasteiger partial charge on any atom is 0.277 e. The van der Waals surface area contributed by atoms with Gasteiger partial charge in [0.1, 0.15) is 11.5 Å². The zero-order valence-corrected chi connectivity index (χ0v) is 17.6. The minimum absolute atomic E-state index is 0.372. The SMILES string of the molecule is CCc1ccc(-c2noc(CSc3nnc(-c4cc(OC)cc(OC)c4)o3)n2)cc1. The van der Waals surface area contributed by atoms with E-state index in [1.807, 2.05) is 12.1 Å². The molecule has 0 N–H and O–H groups in total. The smallest absolute Gasteiger partial charge is 0.277 e. The molecule has 2 aromatic heterocycles. The summed E-state index contributed by atoms with van der Waals surface area (Å²) in [5.41, 5.74) is 2.89. The molecule has 0 atom stereocenters. The van der Waals surface area contributed by atoms with Crippen molar-refractivity contribution in [2.24, 2.45) is 0 Å². The first-order valence-electron chi connectivity index (χ1n) is 9.30. The number of aryl methyl sites for hydroxylation is 1. The average molecular weight is 424 g/mol. The van der Waals surface area contributed by atoms with E-state index in [1.165, 1.54) is 17.3 Å². The van der Waals surface area contributed by atoms with Crippen LogP contribution in [0.2, 0.25) is 0 Å². The summed E-state index contributed by atoms with van der Waals surface area (Å²) < 4.78 is 21.7. The van der Waals surface area contributed by atoms with Gasteiger partial charge < -0.3 is 18.4 Å². The highest BCUT2D eigenvalue weighted by atomic mass is 32.2. The molecule has 0 aliphatic heterocycles. The van der Waals surface area contributed by atoms with Gasteiger partial charge in [0.25, 0.3) is 5.22 Å². The van der Waals surface area contributed by atoms with Gasteiger partial charge >= 0.3 is 0 Å². The Bertz CT molecular complexity index is 1100. The Morgan fingerprint density at radius 1 is 0.933 bits per heavy atom. The molecule has 2 aromatic carbocycles. The highest BCUT2D eigenvalue weighted by Gasteiger charge is 2.14. The number of methoxy groups -OCH3 is 2. The summed E-state index contributed by atoms with van der Waals surface area (Å²) in [7, 11) is 3.18. The van der Waals surface area contributed by atoms with Gasteiger partial charge in [-0.2, -0.15) is 4.98 Å². The number of aromatic nitrogens is 4. The van der Waals surface area contributed by atoms with Crippen LogP contribution in [0.1, 0.15) is 18.4 Å². The van der Waals surface area contributed by atoms with Crippen molar-refractivity contribution in [3.8, 4) is 34.3 Å². The predicted molar refractivity (Wildman–Crippen MR) is 112 cm³/mol. The highest BCUT2D eigenvalue weighted by Crippen LogP contribution is 2.31. The lowest BCUT2D eigenvalue weighted by molar-refractivity contribution is 0.390. The number of thioether (sulfide) groups is 1. The predicted octanol–water partition coefficient (Wildman–Crippen LogP) is 4.66. The lowest BCUT2D eigenvalue weighted by Crippen LogP contribution is -1.88. The Morgan fingerprint density at radius 2 is 1.67 bits per heavy atom. The Balaban J connectivity index is 1.43. The van der Waals surface area contributed by atoms with Gasteiger partial charge in [-0.05, 0) is 24.1 Å². The lowest BCUT2D eigenvalue weighted by atomic mass is 10.1. The molecule has 0 saturated carbocycles. The van der Waals surface area contributed by atoms with Gasteiger partial charge in [0.2, 0.25) is 17.6 Å². The highest BCUT2D eigenvalue weighted by molar-refractivity contribution is 7.98. The fourth-order valence-corrected chi connectivity index (χ4v) is 3.36. The summed E-state index contributed by atoms with van der Waals surface area (Å²) in [4.78, 5) is 4.44. The van der Waals surface area contributed by atoms with Gasteiger partial charge in [0, 0.05) is 17.2 Å². The minimum atomic E-state index is 0.372. The van der Waals surface area contributed by atoms with E-state index < -0.39 is 0 Å². The summed E-state index contributed by atoms with van der Waals surface area (Å²) in [5.74, 6) is 3.12. The van der Waals surface area contributed by atoms with Crippen molar-refractivity contribution in [1.29, 1.82) is 0 Å². The maximum atomic E-state index is 5.75. The number of hydrogen-bond acceptors (Lipinski definition) is 9. The number of hydrogen-bond donors (Lipinski definition) is 0. The lowest BCUT2D eigenvalue weighted by Gasteiger charge is -2.05. The number of ether oxygens (including phenoxy) is 2. The van der Waals surface area contributed by atoms with Crippen molar-refractivity contribution >= 4 is 11.8 Å². The van der Waals surface area contributed by atoms with Crippen molar-refractivity contribution in [2.75, 3.05) is 14.2 Å². The summed E-state index contributed by atoms with van der Waals surface area (Å²) in [5, 5.41) is 12.6. The third kappa shape index (κ3) is 4.46. The van der Waals surface area contributed by atoms with E-state index >= 15 is 0 Å². The molecule has 4 rings (SSSR count). The van der Waals surface area contributed by atoms with Crippen LogP contribution < -0.4 is 9.47 Å². The normalized spacial score (nSPS) is 10.9. The van der Waals surface area contributed by atoms with Crippen LogP contribution in [-0.4, -0.2) is 34.6 Å². The largest absolute Gasteiger partial charge is 0.497 e. The van der Waals surface area contributed by atoms with Crippen LogP contribution in [0.15, 0.2) is 56.6 Å². The van der Waals surface area contributed by atoms with E-state index in [0.717, 1.165) is 12.0 Å². The summed E-state index contributed by atoms with van der Waals surface area (Å²) in [6, 6.07) is 13.5. The molecular formula is C21H20N4O4S. The topological polar surface area (TPSA) is 96.3 Å². The van der Waals surface area contributed by atoms with Gasteiger partial charge in [-0.3, -0.25) is 0 Å². The fraction of sp³-hybridized carbons (Fsp3) is 0.238. The van der Waals surface area contributed by atoms with E-state index in [9.17, 15) is 0 Å². The van der Waals surface area contributed by atoms with Crippen LogP contribution in [0.25, 0.3) is 22.8 Å². The standard InChI is InChI=1S/C21H20N4O4S/c1-4-13-5-7-14(8-6-13)19-22-18(29-25-19)12-30-21-24-23-20(28-21)15-9-16(26-2)11-17(10-15)27-3/h5-11H,4,12H2,1-3H3. The Kier molecular flexibility index (Phi) is 5.99. The first-order valence-corrected chi connectivity index (χ1v) is 10.3. The third-order valence-corrected chi connectivity index (χ3v) is 5.22. The van der Waals surface area contributed by atoms with E-state index in [-0.39, 0.29) is 0 Å². The second-order valence-electron chi connectivity index (χ2n) is 6.33. The quantitative estimate of drug-likeness (QED) is 0.374. The molecule has 2 heterocycles. The monoisotopic (exact) mass is 424 g/mol. The summed E-state index contributed by atoms with van der Waals surface area (Å²) in [6.07, 6.45) is 0.989. The molecule has 4 aromatic rings. The van der Waals surface area contributed by atoms with Crippen LogP contribution in [0, 0.1) is 0 Å². The molecule has 0 fully saturated rings. The third-order valence-electron chi connectivity index (χ3n) is 4.41. The molecule has 0 aliphatic rings. The Hall–Kier alpha value is -3.33. The van der Waals surface area contributed by atoms with E-state index in [0.29, 0.717) is 45.6 Å². The van der Waals surface area contributed by atoms with Crippen LogP contribution >= 0.6 is 11.8 Å². The zero-order valence-electron chi connectivity index (χ0n) is 16.8. The van der Waals surface area contributed by atoms with Gasteiger partial charge in [-0.1, -0.05) is 48.1 Å². The molecule has 0 saturated heterocycles. The molecule has 0 bridgehead atoms. The number of benzene rings is 2. The molecule has 0 aliphatic carbocycles. The van der Waals surface area contributed by atoms with Crippen molar-refractivity contribution in [3.05, 3.63) is 53.9 Å². The van der Waals surface area contributed by atoms with Gasteiger partial charge in [-0.25, -0.2) is 0 Å². The van der Waals surface area contributed by atoms with Crippen molar-refractivity contribution in [1.82, 2.24) is 20.3 Å². The van der Waals surface area contributed by atoms with Crippen molar-refractivity contribution in [2.45, 2.75) is 24.3 Å². The molecular weight excluding hydrogens is 404 g/mol. The van der Waals surface area contributed by atoms with E-state index in [2.05, 4.69) is 39.4 Å². The molecule has 30 heavy (non-hydrogen) atoms. The van der Waals surface area contributed by atoms with Gasteiger partial charge in [0.05, 0.1) is 20.0 Å². The van der Waals surface area contributed by atoms with Crippen molar-refractivity contribution in [3.63, 3.8) is 0 Å². The molecule has 154 valence electrons. The van der Waals surface area contributed by atoms with Crippen LogP contribution in [0.4, 0.5) is 0 Å². The maximum absolute atomic E-state index is 5.75. The molecule has 9 heteroatoms. The molecule has 0 amide bonds. The molecule has 0 unspecified atom stereocenters. The first kappa shape index (κ1) is 20.0.